The van der Waals surface area contributed by atoms with Gasteiger partial charge in [0.25, 0.3) is 0 Å². The predicted molar refractivity (Wildman–Crippen MR) is 89.9 cm³/mol. The molecule has 3 heteroatoms. The summed E-state index contributed by atoms with van der Waals surface area (Å²) in [6, 6.07) is 4.48. The third-order valence-electron chi connectivity index (χ3n) is 5.46. The first-order chi connectivity index (χ1) is 10.3. The van der Waals surface area contributed by atoms with Crippen molar-refractivity contribution in [3.05, 3.63) is 22.4 Å². The SMILES string of the molecule is OC1(CNCC2CCC(c3cccs3)CC2)CCCCC1. The Kier molecular flexibility index (Phi) is 5.36. The first-order valence-electron chi connectivity index (χ1n) is 8.72. The molecule has 0 bridgehead atoms. The molecule has 0 unspecified atom stereocenters. The fourth-order valence-corrected chi connectivity index (χ4v) is 4.97. The largest absolute Gasteiger partial charge is 0.389 e. The molecular formula is C18H29NOS. The maximum atomic E-state index is 10.5. The molecule has 0 atom stereocenters. The van der Waals surface area contributed by atoms with Gasteiger partial charge in [0.05, 0.1) is 5.60 Å². The first kappa shape index (κ1) is 15.5. The fourth-order valence-electron chi connectivity index (χ4n) is 4.07. The average Bonchev–Trinajstić information content (AvgIpc) is 3.03. The van der Waals surface area contributed by atoms with Crippen LogP contribution in [0.3, 0.4) is 0 Å². The van der Waals surface area contributed by atoms with E-state index in [9.17, 15) is 5.11 Å². The van der Waals surface area contributed by atoms with Crippen molar-refractivity contribution in [2.24, 2.45) is 5.92 Å². The molecule has 1 aromatic rings. The third kappa shape index (κ3) is 4.30. The third-order valence-corrected chi connectivity index (χ3v) is 6.50. The highest BCUT2D eigenvalue weighted by atomic mass is 32.1. The molecule has 0 saturated heterocycles. The molecule has 118 valence electrons. The molecule has 2 saturated carbocycles. The molecule has 2 N–H and O–H groups in total. The van der Waals surface area contributed by atoms with Crippen LogP contribution in [0.5, 0.6) is 0 Å². The van der Waals surface area contributed by atoms with E-state index >= 15 is 0 Å². The van der Waals surface area contributed by atoms with E-state index in [1.165, 1.54) is 44.9 Å². The van der Waals surface area contributed by atoms with Crippen LogP contribution in [0, 0.1) is 5.92 Å². The summed E-state index contributed by atoms with van der Waals surface area (Å²) in [6.45, 7) is 1.90. The lowest BCUT2D eigenvalue weighted by Gasteiger charge is -2.34. The maximum Gasteiger partial charge on any atom is 0.0771 e. The van der Waals surface area contributed by atoms with Crippen molar-refractivity contribution in [3.8, 4) is 0 Å². The second kappa shape index (κ2) is 7.26. The van der Waals surface area contributed by atoms with Gasteiger partial charge in [0, 0.05) is 11.4 Å². The van der Waals surface area contributed by atoms with Crippen LogP contribution >= 0.6 is 11.3 Å². The lowest BCUT2D eigenvalue weighted by Crippen LogP contribution is -2.43. The molecule has 2 aliphatic rings. The maximum absolute atomic E-state index is 10.5. The summed E-state index contributed by atoms with van der Waals surface area (Å²) >= 11 is 1.92. The predicted octanol–water partition coefficient (Wildman–Crippen LogP) is 4.31. The Hall–Kier alpha value is -0.380. The van der Waals surface area contributed by atoms with Crippen molar-refractivity contribution in [3.63, 3.8) is 0 Å². The minimum absolute atomic E-state index is 0.410. The van der Waals surface area contributed by atoms with E-state index in [1.807, 2.05) is 11.3 Å². The van der Waals surface area contributed by atoms with E-state index in [0.717, 1.165) is 37.8 Å². The molecule has 1 heterocycles. The van der Waals surface area contributed by atoms with Gasteiger partial charge in [-0.1, -0.05) is 25.3 Å². The van der Waals surface area contributed by atoms with Crippen LogP contribution in [-0.2, 0) is 0 Å². The number of aliphatic hydroxyl groups is 1. The highest BCUT2D eigenvalue weighted by molar-refractivity contribution is 7.10. The number of rotatable bonds is 5. The second-order valence-corrected chi connectivity index (χ2v) is 8.13. The van der Waals surface area contributed by atoms with Gasteiger partial charge in [-0.05, 0) is 68.4 Å². The van der Waals surface area contributed by atoms with Crippen LogP contribution in [0.1, 0.15) is 68.6 Å². The summed E-state index contributed by atoms with van der Waals surface area (Å²) in [5, 5.41) is 16.3. The standard InChI is InChI=1S/C18H29NOS/c20-18(10-2-1-3-11-18)14-19-13-15-6-8-16(9-7-15)17-5-4-12-21-17/h4-5,12,15-16,19-20H,1-3,6-11,13-14H2. The Bertz CT molecular complexity index is 403. The Morgan fingerprint density at radius 3 is 2.57 bits per heavy atom. The zero-order chi connectivity index (χ0) is 14.5. The number of nitrogens with one attached hydrogen (secondary N) is 1. The Morgan fingerprint density at radius 2 is 1.90 bits per heavy atom. The van der Waals surface area contributed by atoms with E-state index in [-0.39, 0.29) is 0 Å². The van der Waals surface area contributed by atoms with E-state index in [4.69, 9.17) is 0 Å². The molecule has 2 aliphatic carbocycles. The zero-order valence-corrected chi connectivity index (χ0v) is 13.8. The van der Waals surface area contributed by atoms with Crippen LogP contribution in [0.2, 0.25) is 0 Å². The van der Waals surface area contributed by atoms with Gasteiger partial charge in [-0.25, -0.2) is 0 Å². The fraction of sp³-hybridized carbons (Fsp3) is 0.778. The molecule has 0 aliphatic heterocycles. The van der Waals surface area contributed by atoms with Crippen LogP contribution in [0.15, 0.2) is 17.5 Å². The van der Waals surface area contributed by atoms with E-state index in [2.05, 4.69) is 22.8 Å². The summed E-state index contributed by atoms with van der Waals surface area (Å²) in [5.41, 5.74) is -0.410. The minimum atomic E-state index is -0.410. The first-order valence-corrected chi connectivity index (χ1v) is 9.60. The van der Waals surface area contributed by atoms with Crippen LogP contribution in [-0.4, -0.2) is 23.8 Å². The van der Waals surface area contributed by atoms with Gasteiger partial charge in [-0.3, -0.25) is 0 Å². The van der Waals surface area contributed by atoms with Gasteiger partial charge < -0.3 is 10.4 Å². The molecule has 1 aromatic heterocycles. The van der Waals surface area contributed by atoms with E-state index in [0.29, 0.717) is 0 Å². The summed E-state index contributed by atoms with van der Waals surface area (Å²) in [4.78, 5) is 1.58. The van der Waals surface area contributed by atoms with Gasteiger partial charge in [0.1, 0.15) is 0 Å². The monoisotopic (exact) mass is 307 g/mol. The molecule has 3 rings (SSSR count). The van der Waals surface area contributed by atoms with Gasteiger partial charge in [-0.2, -0.15) is 0 Å². The summed E-state index contributed by atoms with van der Waals surface area (Å²) < 4.78 is 0. The minimum Gasteiger partial charge on any atom is -0.389 e. The summed E-state index contributed by atoms with van der Waals surface area (Å²) in [6.07, 6.45) is 11.1. The van der Waals surface area contributed by atoms with E-state index < -0.39 is 5.60 Å². The van der Waals surface area contributed by atoms with Gasteiger partial charge in [0.15, 0.2) is 0 Å². The second-order valence-electron chi connectivity index (χ2n) is 7.15. The smallest absolute Gasteiger partial charge is 0.0771 e. The number of hydrogen-bond acceptors (Lipinski definition) is 3. The van der Waals surface area contributed by atoms with Gasteiger partial charge >= 0.3 is 0 Å². The van der Waals surface area contributed by atoms with Crippen LogP contribution in [0.25, 0.3) is 0 Å². The molecule has 2 fully saturated rings. The summed E-state index contributed by atoms with van der Waals surface area (Å²) in [5.74, 6) is 1.62. The number of hydrogen-bond donors (Lipinski definition) is 2. The van der Waals surface area contributed by atoms with Gasteiger partial charge in [-0.15, -0.1) is 11.3 Å². The average molecular weight is 308 g/mol. The summed E-state index contributed by atoms with van der Waals surface area (Å²) in [7, 11) is 0. The molecule has 0 aromatic carbocycles. The van der Waals surface area contributed by atoms with Crippen molar-refractivity contribution >= 4 is 11.3 Å². The van der Waals surface area contributed by atoms with Crippen LogP contribution < -0.4 is 5.32 Å². The van der Waals surface area contributed by atoms with Crippen molar-refractivity contribution in [1.29, 1.82) is 0 Å². The lowest BCUT2D eigenvalue weighted by molar-refractivity contribution is 0.00400. The lowest BCUT2D eigenvalue weighted by atomic mass is 9.81. The number of thiophene rings is 1. The van der Waals surface area contributed by atoms with Crippen molar-refractivity contribution in [1.82, 2.24) is 5.32 Å². The Balaban J connectivity index is 1.36. The molecule has 0 amide bonds. The molecule has 21 heavy (non-hydrogen) atoms. The highest BCUT2D eigenvalue weighted by Gasteiger charge is 2.29. The zero-order valence-electron chi connectivity index (χ0n) is 13.0. The van der Waals surface area contributed by atoms with Crippen molar-refractivity contribution < 1.29 is 5.11 Å². The Morgan fingerprint density at radius 1 is 1.14 bits per heavy atom. The quantitative estimate of drug-likeness (QED) is 0.849. The molecule has 0 radical (unpaired) electrons. The van der Waals surface area contributed by atoms with Crippen LogP contribution in [0.4, 0.5) is 0 Å². The highest BCUT2D eigenvalue weighted by Crippen LogP contribution is 2.37. The Labute approximate surface area is 133 Å². The normalized spacial score (nSPS) is 29.4. The topological polar surface area (TPSA) is 32.3 Å². The van der Waals surface area contributed by atoms with Gasteiger partial charge in [0.2, 0.25) is 0 Å². The van der Waals surface area contributed by atoms with E-state index in [1.54, 1.807) is 4.88 Å². The van der Waals surface area contributed by atoms with Crippen molar-refractivity contribution in [2.75, 3.05) is 13.1 Å². The molecule has 2 nitrogen and oxygen atoms in total. The van der Waals surface area contributed by atoms with Crippen molar-refractivity contribution in [2.45, 2.75) is 69.3 Å². The molecular weight excluding hydrogens is 278 g/mol. The molecule has 0 spiro atoms.